The lowest BCUT2D eigenvalue weighted by atomic mass is 9.87. The highest BCUT2D eigenvalue weighted by molar-refractivity contribution is 7.21. The monoisotopic (exact) mass is 518 g/mol. The van der Waals surface area contributed by atoms with Gasteiger partial charge in [-0.05, 0) is 46.6 Å². The first-order chi connectivity index (χ1) is 17.0. The van der Waals surface area contributed by atoms with Crippen molar-refractivity contribution in [3.8, 4) is 10.6 Å². The van der Waals surface area contributed by atoms with Crippen molar-refractivity contribution in [1.29, 1.82) is 0 Å². The second kappa shape index (κ2) is 10.5. The van der Waals surface area contributed by atoms with E-state index in [0.717, 1.165) is 15.9 Å². The number of nitrogens with zero attached hydrogens (tertiary/aromatic N) is 4. The van der Waals surface area contributed by atoms with Gasteiger partial charge in [-0.3, -0.25) is 4.98 Å². The van der Waals surface area contributed by atoms with Crippen molar-refractivity contribution in [2.45, 2.75) is 58.0 Å². The molecule has 1 fully saturated rings. The number of ether oxygens (including phenoxy) is 1. The third-order valence-corrected chi connectivity index (χ3v) is 7.55. The number of fused-ring (bicyclic) bond motifs is 1. The highest BCUT2D eigenvalue weighted by atomic mass is 32.1. The number of hydrogen-bond donors (Lipinski definition) is 6. The Bertz CT molecular complexity index is 1220. The minimum atomic E-state index is -1.70. The number of aromatic nitrogens is 4. The van der Waals surface area contributed by atoms with Crippen LogP contribution in [0.15, 0.2) is 12.3 Å². The maximum absolute atomic E-state index is 11.4. The van der Waals surface area contributed by atoms with Crippen molar-refractivity contribution >= 4 is 33.3 Å². The molecule has 196 valence electrons. The largest absolute Gasteiger partial charge is 0.394 e. The maximum Gasteiger partial charge on any atom is 0.224 e. The molecule has 0 amide bonds. The summed E-state index contributed by atoms with van der Waals surface area (Å²) in [4.78, 5) is 18.3. The van der Waals surface area contributed by atoms with Gasteiger partial charge in [-0.1, -0.05) is 0 Å². The number of pyridine rings is 1. The van der Waals surface area contributed by atoms with E-state index in [9.17, 15) is 15.3 Å². The smallest absolute Gasteiger partial charge is 0.224 e. The van der Waals surface area contributed by atoms with Crippen LogP contribution in [0.1, 0.15) is 38.1 Å². The molecule has 12 heteroatoms. The van der Waals surface area contributed by atoms with Crippen LogP contribution in [-0.2, 0) is 4.74 Å². The summed E-state index contributed by atoms with van der Waals surface area (Å²) in [5, 5.41) is 48.6. The summed E-state index contributed by atoms with van der Waals surface area (Å²) >= 11 is 1.47. The van der Waals surface area contributed by atoms with Crippen LogP contribution in [0.25, 0.3) is 20.8 Å². The molecule has 0 radical (unpaired) electrons. The fraction of sp³-hybridized carbons (Fsp3) is 0.583. The number of aryl methyl sites for hydroxylation is 2. The van der Waals surface area contributed by atoms with Gasteiger partial charge in [0, 0.05) is 18.7 Å². The molecule has 1 aliphatic carbocycles. The molecular formula is C24H34N6O5S. The fourth-order valence-corrected chi connectivity index (χ4v) is 5.69. The zero-order valence-corrected chi connectivity index (χ0v) is 21.8. The van der Waals surface area contributed by atoms with Gasteiger partial charge >= 0.3 is 0 Å². The predicted octanol–water partition coefficient (Wildman–Crippen LogP) is 1.83. The van der Waals surface area contributed by atoms with Gasteiger partial charge in [0.15, 0.2) is 5.72 Å². The van der Waals surface area contributed by atoms with E-state index in [1.54, 1.807) is 20.0 Å². The lowest BCUT2D eigenvalue weighted by Gasteiger charge is -2.34. The number of hydrogen-bond acceptors (Lipinski definition) is 12. The summed E-state index contributed by atoms with van der Waals surface area (Å²) in [5.41, 5.74) is -0.0176. The topological polar surface area (TPSA) is 166 Å². The Morgan fingerprint density at radius 2 is 1.97 bits per heavy atom. The molecule has 6 N–H and O–H groups in total. The first-order valence-electron chi connectivity index (χ1n) is 12.0. The molecule has 3 aromatic rings. The van der Waals surface area contributed by atoms with Crippen molar-refractivity contribution in [3.05, 3.63) is 23.7 Å². The molecule has 3 heterocycles. The number of nitrogens with one attached hydrogen (secondary N) is 2. The molecule has 1 saturated carbocycles. The Kier molecular flexibility index (Phi) is 7.74. The van der Waals surface area contributed by atoms with Crippen LogP contribution in [0, 0.1) is 19.8 Å². The molecule has 0 unspecified atom stereocenters. The number of anilines is 2. The quantitative estimate of drug-likeness (QED) is 0.171. The summed E-state index contributed by atoms with van der Waals surface area (Å²) in [7, 11) is 0. The number of rotatable bonds is 10. The molecule has 1 aliphatic rings. The lowest BCUT2D eigenvalue weighted by Crippen LogP contribution is -2.51. The highest BCUT2D eigenvalue weighted by Crippen LogP contribution is 2.43. The first-order valence-corrected chi connectivity index (χ1v) is 12.8. The average molecular weight is 519 g/mol. The van der Waals surface area contributed by atoms with Crippen LogP contribution in [0.3, 0.4) is 0 Å². The minimum Gasteiger partial charge on any atom is -0.394 e. The van der Waals surface area contributed by atoms with Gasteiger partial charge < -0.3 is 35.8 Å². The second-order valence-corrected chi connectivity index (χ2v) is 10.7. The van der Waals surface area contributed by atoms with E-state index in [1.807, 2.05) is 19.9 Å². The molecule has 0 saturated heterocycles. The number of aliphatic hydroxyl groups excluding tert-OH is 2. The molecule has 11 nitrogen and oxygen atoms in total. The van der Waals surface area contributed by atoms with E-state index in [-0.39, 0.29) is 19.6 Å². The second-order valence-electron chi connectivity index (χ2n) is 9.67. The molecule has 0 bridgehead atoms. The summed E-state index contributed by atoms with van der Waals surface area (Å²) in [6.07, 6.45) is 1.19. The molecule has 0 aromatic carbocycles. The molecule has 3 aromatic heterocycles. The average Bonchev–Trinajstić information content (AvgIpc) is 3.35. The number of thiazole rings is 1. The Morgan fingerprint density at radius 3 is 2.64 bits per heavy atom. The lowest BCUT2D eigenvalue weighted by molar-refractivity contribution is -0.0926. The van der Waals surface area contributed by atoms with Gasteiger partial charge in [0.25, 0.3) is 0 Å². The van der Waals surface area contributed by atoms with Gasteiger partial charge in [0.2, 0.25) is 5.95 Å². The molecule has 4 rings (SSSR count). The zero-order valence-electron chi connectivity index (χ0n) is 20.9. The molecule has 36 heavy (non-hydrogen) atoms. The standard InChI is InChI=1S/C24H34N6O5S/c1-13-17(21-28-18-14(2)25-8-6-16(18)36-21)20(29-22(27-13)26-9-11-35-12-10-31)30-24(34)7-5-15(19(24)32)23(3,4)33/h6,8,15,19,31-34H,5,7,9-12H2,1-4H3,(H2,26,27,29,30)/t15-,19+,24+/m0/s1. The van der Waals surface area contributed by atoms with E-state index in [4.69, 9.17) is 14.8 Å². The third kappa shape index (κ3) is 5.43. The Labute approximate surface area is 213 Å². The van der Waals surface area contributed by atoms with Gasteiger partial charge in [-0.15, -0.1) is 11.3 Å². The van der Waals surface area contributed by atoms with Crippen molar-refractivity contribution < 1.29 is 25.2 Å². The van der Waals surface area contributed by atoms with Crippen LogP contribution in [0.5, 0.6) is 0 Å². The van der Waals surface area contributed by atoms with E-state index < -0.39 is 23.3 Å². The summed E-state index contributed by atoms with van der Waals surface area (Å²) in [5.74, 6) is 0.128. The molecular weight excluding hydrogens is 484 g/mol. The van der Waals surface area contributed by atoms with E-state index >= 15 is 0 Å². The molecule has 0 spiro atoms. The van der Waals surface area contributed by atoms with Crippen LogP contribution in [0.2, 0.25) is 0 Å². The van der Waals surface area contributed by atoms with Crippen LogP contribution >= 0.6 is 11.3 Å². The predicted molar refractivity (Wildman–Crippen MR) is 138 cm³/mol. The highest BCUT2D eigenvalue weighted by Gasteiger charge is 2.52. The molecule has 3 atom stereocenters. The normalized spacial score (nSPS) is 22.3. The summed E-state index contributed by atoms with van der Waals surface area (Å²) in [6.45, 7) is 7.95. The van der Waals surface area contributed by atoms with Gasteiger partial charge in [0.05, 0.1) is 47.1 Å². The Morgan fingerprint density at radius 1 is 1.19 bits per heavy atom. The van der Waals surface area contributed by atoms with E-state index in [0.29, 0.717) is 47.6 Å². The van der Waals surface area contributed by atoms with E-state index in [1.165, 1.54) is 11.3 Å². The van der Waals surface area contributed by atoms with Crippen molar-refractivity contribution in [3.63, 3.8) is 0 Å². The zero-order chi connectivity index (χ0) is 26.1. The maximum atomic E-state index is 11.4. The van der Waals surface area contributed by atoms with E-state index in [2.05, 4.69) is 25.6 Å². The fourth-order valence-electron chi connectivity index (χ4n) is 4.58. The Balaban J connectivity index is 1.72. The van der Waals surface area contributed by atoms with Crippen molar-refractivity contribution in [2.75, 3.05) is 37.0 Å². The van der Waals surface area contributed by atoms with Gasteiger partial charge in [0.1, 0.15) is 22.4 Å². The first kappa shape index (κ1) is 26.6. The number of aliphatic hydroxyl groups is 4. The minimum absolute atomic E-state index is 0.0535. The van der Waals surface area contributed by atoms with Gasteiger partial charge in [-0.2, -0.15) is 4.98 Å². The summed E-state index contributed by atoms with van der Waals surface area (Å²) in [6, 6.07) is 1.90. The van der Waals surface area contributed by atoms with Gasteiger partial charge in [-0.25, -0.2) is 9.97 Å². The SMILES string of the molecule is Cc1nc(NCCOCCO)nc(N[C@@]2(O)CC[C@H](C(C)(C)O)[C@H]2O)c1-c1nc2c(C)nccc2s1. The van der Waals surface area contributed by atoms with Crippen LogP contribution in [0.4, 0.5) is 11.8 Å². The van der Waals surface area contributed by atoms with Crippen molar-refractivity contribution in [1.82, 2.24) is 19.9 Å². The molecule has 0 aliphatic heterocycles. The van der Waals surface area contributed by atoms with Crippen molar-refractivity contribution in [2.24, 2.45) is 5.92 Å². The third-order valence-electron chi connectivity index (χ3n) is 6.51. The van der Waals surface area contributed by atoms with Crippen LogP contribution in [-0.4, -0.2) is 84.2 Å². The Hall–Kier alpha value is -2.48. The van der Waals surface area contributed by atoms with Crippen LogP contribution < -0.4 is 10.6 Å². The summed E-state index contributed by atoms with van der Waals surface area (Å²) < 4.78 is 6.26.